The van der Waals surface area contributed by atoms with Crippen LogP contribution in [0.2, 0.25) is 0 Å². The molecule has 0 heterocycles. The van der Waals surface area contributed by atoms with Gasteiger partial charge in [-0.1, -0.05) is 6.92 Å². The van der Waals surface area contributed by atoms with E-state index in [0.717, 1.165) is 12.0 Å². The summed E-state index contributed by atoms with van der Waals surface area (Å²) in [6.07, 6.45) is 3.72. The topological polar surface area (TPSA) is 29.3 Å². The van der Waals surface area contributed by atoms with Gasteiger partial charge in [-0.25, -0.2) is 0 Å². The van der Waals surface area contributed by atoms with E-state index < -0.39 is 0 Å². The smallest absolute Gasteiger partial charge is 0.00613 e. The Morgan fingerprint density at radius 2 is 2.08 bits per heavy atom. The van der Waals surface area contributed by atoms with Gasteiger partial charge < -0.3 is 10.6 Å². The highest BCUT2D eigenvalue weighted by atomic mass is 15.1. The van der Waals surface area contributed by atoms with Crippen LogP contribution in [0.25, 0.3) is 0 Å². The van der Waals surface area contributed by atoms with E-state index in [1.165, 1.54) is 25.8 Å². The molecule has 1 fully saturated rings. The first-order valence-electron chi connectivity index (χ1n) is 5.09. The van der Waals surface area contributed by atoms with E-state index in [0.29, 0.717) is 6.04 Å². The Morgan fingerprint density at radius 3 is 2.50 bits per heavy atom. The Hall–Kier alpha value is -0.0800. The van der Waals surface area contributed by atoms with Crippen LogP contribution < -0.4 is 5.73 Å². The third kappa shape index (κ3) is 2.46. The van der Waals surface area contributed by atoms with Crippen LogP contribution in [0.15, 0.2) is 0 Å². The molecule has 0 bridgehead atoms. The molecule has 0 aliphatic heterocycles. The molecule has 1 rings (SSSR count). The molecule has 2 nitrogen and oxygen atoms in total. The zero-order valence-electron chi connectivity index (χ0n) is 8.59. The van der Waals surface area contributed by atoms with Crippen molar-refractivity contribution in [3.8, 4) is 0 Å². The van der Waals surface area contributed by atoms with Gasteiger partial charge in [0.2, 0.25) is 0 Å². The maximum absolute atomic E-state index is 5.73. The van der Waals surface area contributed by atoms with Crippen LogP contribution in [0.1, 0.15) is 33.1 Å². The first-order valence-corrected chi connectivity index (χ1v) is 5.09. The molecule has 0 radical (unpaired) electrons. The van der Waals surface area contributed by atoms with Gasteiger partial charge >= 0.3 is 0 Å². The largest absolute Gasteiger partial charge is 0.328 e. The summed E-state index contributed by atoms with van der Waals surface area (Å²) >= 11 is 0. The van der Waals surface area contributed by atoms with Crippen LogP contribution >= 0.6 is 0 Å². The molecule has 1 aliphatic carbocycles. The van der Waals surface area contributed by atoms with Crippen molar-refractivity contribution in [2.24, 2.45) is 11.7 Å². The van der Waals surface area contributed by atoms with Crippen molar-refractivity contribution in [3.63, 3.8) is 0 Å². The average molecular weight is 170 g/mol. The summed E-state index contributed by atoms with van der Waals surface area (Å²) in [4.78, 5) is 2.45. The van der Waals surface area contributed by atoms with E-state index in [4.69, 9.17) is 5.73 Å². The molecule has 1 aliphatic rings. The Labute approximate surface area is 76.1 Å². The monoisotopic (exact) mass is 170 g/mol. The van der Waals surface area contributed by atoms with E-state index in [1.54, 1.807) is 0 Å². The highest BCUT2D eigenvalue weighted by molar-refractivity contribution is 4.84. The van der Waals surface area contributed by atoms with Gasteiger partial charge in [0.05, 0.1) is 0 Å². The Morgan fingerprint density at radius 1 is 1.50 bits per heavy atom. The summed E-state index contributed by atoms with van der Waals surface area (Å²) in [6.45, 7) is 5.77. The molecule has 0 aromatic carbocycles. The molecule has 0 saturated heterocycles. The lowest BCUT2D eigenvalue weighted by Gasteiger charge is -2.37. The molecule has 12 heavy (non-hydrogen) atoms. The zero-order chi connectivity index (χ0) is 9.14. The van der Waals surface area contributed by atoms with Crippen molar-refractivity contribution < 1.29 is 0 Å². The molecular weight excluding hydrogens is 148 g/mol. The van der Waals surface area contributed by atoms with Crippen LogP contribution in [0.5, 0.6) is 0 Å². The minimum Gasteiger partial charge on any atom is -0.328 e. The third-order valence-electron chi connectivity index (χ3n) is 3.16. The second kappa shape index (κ2) is 4.24. The SMILES string of the molecule is CCC(C)N(C)CC1CC(N)C1. The van der Waals surface area contributed by atoms with Crippen molar-refractivity contribution >= 4 is 0 Å². The predicted octanol–water partition coefficient (Wildman–Crippen LogP) is 1.45. The highest BCUT2D eigenvalue weighted by Crippen LogP contribution is 2.26. The molecule has 1 saturated carbocycles. The van der Waals surface area contributed by atoms with Gasteiger partial charge in [-0.05, 0) is 39.2 Å². The van der Waals surface area contributed by atoms with E-state index in [-0.39, 0.29) is 0 Å². The zero-order valence-corrected chi connectivity index (χ0v) is 8.59. The summed E-state index contributed by atoms with van der Waals surface area (Å²) in [5, 5.41) is 0. The Bertz CT molecular complexity index is 130. The third-order valence-corrected chi connectivity index (χ3v) is 3.16. The van der Waals surface area contributed by atoms with Crippen molar-refractivity contribution in [1.82, 2.24) is 4.90 Å². The fraction of sp³-hybridized carbons (Fsp3) is 1.00. The second-order valence-corrected chi connectivity index (χ2v) is 4.29. The highest BCUT2D eigenvalue weighted by Gasteiger charge is 2.27. The Balaban J connectivity index is 2.14. The maximum atomic E-state index is 5.73. The minimum atomic E-state index is 0.500. The quantitative estimate of drug-likeness (QED) is 0.692. The van der Waals surface area contributed by atoms with Gasteiger partial charge in [0.1, 0.15) is 0 Å². The van der Waals surface area contributed by atoms with E-state index in [9.17, 15) is 0 Å². The lowest BCUT2D eigenvalue weighted by atomic mass is 9.80. The number of nitrogens with two attached hydrogens (primary N) is 1. The van der Waals surface area contributed by atoms with Crippen LogP contribution in [-0.2, 0) is 0 Å². The van der Waals surface area contributed by atoms with Gasteiger partial charge in [0.25, 0.3) is 0 Å². The van der Waals surface area contributed by atoms with Crippen molar-refractivity contribution in [2.75, 3.05) is 13.6 Å². The molecule has 2 N–H and O–H groups in total. The minimum absolute atomic E-state index is 0.500. The normalized spacial score (nSPS) is 31.8. The fourth-order valence-corrected chi connectivity index (χ4v) is 1.84. The van der Waals surface area contributed by atoms with Crippen LogP contribution in [0.3, 0.4) is 0 Å². The van der Waals surface area contributed by atoms with E-state index in [2.05, 4.69) is 25.8 Å². The predicted molar refractivity (Wildman–Crippen MR) is 53.1 cm³/mol. The molecule has 0 aromatic heterocycles. The lowest BCUT2D eigenvalue weighted by Crippen LogP contribution is -2.43. The standard InChI is InChI=1S/C10H22N2/c1-4-8(2)12(3)7-9-5-10(11)6-9/h8-10H,4-7,11H2,1-3H3. The van der Waals surface area contributed by atoms with Crippen molar-refractivity contribution in [3.05, 3.63) is 0 Å². The summed E-state index contributed by atoms with van der Waals surface area (Å²) in [6, 6.07) is 1.22. The van der Waals surface area contributed by atoms with Gasteiger partial charge in [-0.2, -0.15) is 0 Å². The van der Waals surface area contributed by atoms with Crippen molar-refractivity contribution in [1.29, 1.82) is 0 Å². The summed E-state index contributed by atoms with van der Waals surface area (Å²) in [7, 11) is 2.22. The number of rotatable bonds is 4. The summed E-state index contributed by atoms with van der Waals surface area (Å²) in [5.41, 5.74) is 5.73. The average Bonchev–Trinajstić information content (AvgIpc) is 2.00. The van der Waals surface area contributed by atoms with E-state index >= 15 is 0 Å². The molecular formula is C10H22N2. The molecule has 1 atom stereocenters. The first kappa shape index (κ1) is 10.0. The van der Waals surface area contributed by atoms with E-state index in [1.807, 2.05) is 0 Å². The van der Waals surface area contributed by atoms with Gasteiger partial charge in [0.15, 0.2) is 0 Å². The molecule has 1 unspecified atom stereocenters. The maximum Gasteiger partial charge on any atom is 0.00613 e. The van der Waals surface area contributed by atoms with Gasteiger partial charge in [-0.3, -0.25) is 0 Å². The van der Waals surface area contributed by atoms with Gasteiger partial charge in [0, 0.05) is 18.6 Å². The number of hydrogen-bond acceptors (Lipinski definition) is 2. The van der Waals surface area contributed by atoms with Crippen molar-refractivity contribution in [2.45, 2.75) is 45.2 Å². The number of nitrogens with zero attached hydrogens (tertiary/aromatic N) is 1. The molecule has 0 spiro atoms. The second-order valence-electron chi connectivity index (χ2n) is 4.29. The Kier molecular flexibility index (Phi) is 3.53. The lowest BCUT2D eigenvalue weighted by molar-refractivity contribution is 0.151. The molecule has 0 aromatic rings. The molecule has 72 valence electrons. The molecule has 0 amide bonds. The van der Waals surface area contributed by atoms with Crippen LogP contribution in [0.4, 0.5) is 0 Å². The fourth-order valence-electron chi connectivity index (χ4n) is 1.84. The summed E-state index contributed by atoms with van der Waals surface area (Å²) in [5.74, 6) is 0.874. The van der Waals surface area contributed by atoms with Crippen LogP contribution in [0, 0.1) is 5.92 Å². The number of hydrogen-bond donors (Lipinski definition) is 1. The van der Waals surface area contributed by atoms with Gasteiger partial charge in [-0.15, -0.1) is 0 Å². The van der Waals surface area contributed by atoms with Crippen LogP contribution in [-0.4, -0.2) is 30.6 Å². The molecule has 2 heteroatoms. The first-order chi connectivity index (χ1) is 5.63. The summed E-state index contributed by atoms with van der Waals surface area (Å²) < 4.78 is 0.